The molecule has 14 heavy (non-hydrogen) atoms. The molecule has 0 bridgehead atoms. The van der Waals surface area contributed by atoms with Crippen LogP contribution in [0.25, 0.3) is 0 Å². The second-order valence-electron chi connectivity index (χ2n) is 3.20. The highest BCUT2D eigenvalue weighted by Crippen LogP contribution is 2.23. The molecule has 1 N–H and O–H groups in total. The summed E-state index contributed by atoms with van der Waals surface area (Å²) in [6.07, 6.45) is 0. The number of hydrogen-bond acceptors (Lipinski definition) is 2. The highest BCUT2D eigenvalue weighted by Gasteiger charge is 2.02. The molecule has 78 valence electrons. The largest absolute Gasteiger partial charge is 0.491 e. The first-order valence-corrected chi connectivity index (χ1v) is 5.64. The monoisotopic (exact) mass is 257 g/mol. The third-order valence-electron chi connectivity index (χ3n) is 1.88. The Morgan fingerprint density at radius 1 is 1.43 bits per heavy atom. The summed E-state index contributed by atoms with van der Waals surface area (Å²) in [5.74, 6) is 0.900. The number of halogens is 1. The lowest BCUT2D eigenvalue weighted by Gasteiger charge is -2.14. The van der Waals surface area contributed by atoms with Crippen LogP contribution in [0, 0.1) is 0 Å². The second kappa shape index (κ2) is 6.04. The summed E-state index contributed by atoms with van der Waals surface area (Å²) < 4.78 is 6.65. The lowest BCUT2D eigenvalue weighted by atomic mass is 10.3. The number of benzene rings is 1. The van der Waals surface area contributed by atoms with Crippen LogP contribution in [0.1, 0.15) is 13.8 Å². The fourth-order valence-corrected chi connectivity index (χ4v) is 1.58. The number of para-hydroxylation sites is 1. The minimum atomic E-state index is 0.382. The van der Waals surface area contributed by atoms with E-state index in [-0.39, 0.29) is 0 Å². The third-order valence-corrected chi connectivity index (χ3v) is 2.53. The van der Waals surface area contributed by atoms with Gasteiger partial charge in [0, 0.05) is 6.04 Å². The summed E-state index contributed by atoms with van der Waals surface area (Å²) in [5, 5.41) is 3.29. The molecule has 3 heteroatoms. The van der Waals surface area contributed by atoms with Crippen molar-refractivity contribution in [2.24, 2.45) is 0 Å². The van der Waals surface area contributed by atoms with E-state index in [1.165, 1.54) is 0 Å². The van der Waals surface area contributed by atoms with Crippen molar-refractivity contribution in [2.45, 2.75) is 19.9 Å². The van der Waals surface area contributed by atoms with Gasteiger partial charge in [-0.15, -0.1) is 0 Å². The van der Waals surface area contributed by atoms with Crippen LogP contribution in [-0.2, 0) is 0 Å². The van der Waals surface area contributed by atoms with Gasteiger partial charge in [0.1, 0.15) is 12.4 Å². The van der Waals surface area contributed by atoms with Crippen molar-refractivity contribution < 1.29 is 4.74 Å². The zero-order valence-electron chi connectivity index (χ0n) is 8.59. The van der Waals surface area contributed by atoms with E-state index in [0.29, 0.717) is 12.6 Å². The zero-order chi connectivity index (χ0) is 10.4. The average molecular weight is 258 g/mol. The van der Waals surface area contributed by atoms with Crippen molar-refractivity contribution in [3.63, 3.8) is 0 Å². The van der Waals surface area contributed by atoms with Gasteiger partial charge < -0.3 is 10.1 Å². The van der Waals surface area contributed by atoms with Gasteiger partial charge in [0.2, 0.25) is 0 Å². The van der Waals surface area contributed by atoms with Gasteiger partial charge in [-0.2, -0.15) is 0 Å². The molecular weight excluding hydrogens is 242 g/mol. The van der Waals surface area contributed by atoms with Crippen LogP contribution in [0.3, 0.4) is 0 Å². The Balaban J connectivity index is 2.41. The van der Waals surface area contributed by atoms with Gasteiger partial charge in [0.25, 0.3) is 0 Å². The fourth-order valence-electron chi connectivity index (χ4n) is 1.18. The van der Waals surface area contributed by atoms with E-state index in [0.717, 1.165) is 16.8 Å². The van der Waals surface area contributed by atoms with Gasteiger partial charge in [-0.1, -0.05) is 19.1 Å². The average Bonchev–Trinajstić information content (AvgIpc) is 2.17. The molecule has 2 nitrogen and oxygen atoms in total. The zero-order valence-corrected chi connectivity index (χ0v) is 10.2. The highest BCUT2D eigenvalue weighted by molar-refractivity contribution is 9.10. The first-order valence-electron chi connectivity index (χ1n) is 4.84. The van der Waals surface area contributed by atoms with E-state index in [2.05, 4.69) is 35.1 Å². The number of likely N-dealkylation sites (N-methyl/N-ethyl adjacent to an activating group) is 1. The first-order chi connectivity index (χ1) is 6.74. The van der Waals surface area contributed by atoms with E-state index >= 15 is 0 Å². The van der Waals surface area contributed by atoms with Crippen molar-refractivity contribution in [2.75, 3.05) is 13.2 Å². The summed E-state index contributed by atoms with van der Waals surface area (Å²) in [6.45, 7) is 5.87. The van der Waals surface area contributed by atoms with E-state index in [4.69, 9.17) is 4.74 Å². The van der Waals surface area contributed by atoms with E-state index in [9.17, 15) is 0 Å². The summed E-state index contributed by atoms with van der Waals surface area (Å²) in [7, 11) is 0. The maximum atomic E-state index is 5.64. The molecule has 0 fully saturated rings. The summed E-state index contributed by atoms with van der Waals surface area (Å²) in [5.41, 5.74) is 0. The molecule has 0 saturated heterocycles. The number of nitrogens with one attached hydrogen (secondary N) is 1. The van der Waals surface area contributed by atoms with E-state index in [1.54, 1.807) is 0 Å². The molecule has 0 aliphatic rings. The Hall–Kier alpha value is -0.540. The van der Waals surface area contributed by atoms with Crippen molar-refractivity contribution in [3.8, 4) is 5.75 Å². The molecule has 0 amide bonds. The van der Waals surface area contributed by atoms with Gasteiger partial charge in [0.15, 0.2) is 0 Å². The minimum absolute atomic E-state index is 0.382. The van der Waals surface area contributed by atoms with Crippen LogP contribution in [0.4, 0.5) is 0 Å². The molecule has 0 radical (unpaired) electrons. The molecule has 1 aromatic carbocycles. The molecule has 1 rings (SSSR count). The molecule has 0 spiro atoms. The molecule has 0 aromatic heterocycles. The van der Waals surface area contributed by atoms with Gasteiger partial charge in [0.05, 0.1) is 4.47 Å². The highest BCUT2D eigenvalue weighted by atomic mass is 79.9. The van der Waals surface area contributed by atoms with E-state index < -0.39 is 0 Å². The smallest absolute Gasteiger partial charge is 0.133 e. The maximum Gasteiger partial charge on any atom is 0.133 e. The Morgan fingerprint density at radius 2 is 2.14 bits per heavy atom. The molecule has 1 atom stereocenters. The first kappa shape index (κ1) is 11.5. The summed E-state index contributed by atoms with van der Waals surface area (Å²) >= 11 is 3.44. The Morgan fingerprint density at radius 3 is 2.79 bits per heavy atom. The molecule has 0 saturated carbocycles. The minimum Gasteiger partial charge on any atom is -0.491 e. The van der Waals surface area contributed by atoms with E-state index in [1.807, 2.05) is 24.3 Å². The number of rotatable bonds is 5. The van der Waals surface area contributed by atoms with Crippen LogP contribution in [0.15, 0.2) is 28.7 Å². The van der Waals surface area contributed by atoms with Gasteiger partial charge in [-0.3, -0.25) is 0 Å². The molecule has 1 unspecified atom stereocenters. The standard InChI is InChI=1S/C11H16BrNO/c1-3-13-9(2)8-14-11-7-5-4-6-10(11)12/h4-7,9,13H,3,8H2,1-2H3. The third kappa shape index (κ3) is 3.68. The van der Waals surface area contributed by atoms with Crippen molar-refractivity contribution in [1.82, 2.24) is 5.32 Å². The lowest BCUT2D eigenvalue weighted by molar-refractivity contribution is 0.274. The summed E-state index contributed by atoms with van der Waals surface area (Å²) in [4.78, 5) is 0. The Bertz CT molecular complexity index is 278. The van der Waals surface area contributed by atoms with Gasteiger partial charge >= 0.3 is 0 Å². The van der Waals surface area contributed by atoms with Gasteiger partial charge in [-0.05, 0) is 41.5 Å². The van der Waals surface area contributed by atoms with Crippen LogP contribution >= 0.6 is 15.9 Å². The second-order valence-corrected chi connectivity index (χ2v) is 4.05. The molecule has 0 aliphatic heterocycles. The maximum absolute atomic E-state index is 5.64. The van der Waals surface area contributed by atoms with Crippen molar-refractivity contribution >= 4 is 15.9 Å². The predicted octanol–water partition coefficient (Wildman–Crippen LogP) is 2.83. The van der Waals surface area contributed by atoms with Crippen LogP contribution in [0.2, 0.25) is 0 Å². The quantitative estimate of drug-likeness (QED) is 0.876. The normalized spacial score (nSPS) is 12.5. The van der Waals surface area contributed by atoms with Crippen LogP contribution < -0.4 is 10.1 Å². The topological polar surface area (TPSA) is 21.3 Å². The fraction of sp³-hybridized carbons (Fsp3) is 0.455. The number of ether oxygens (including phenoxy) is 1. The lowest BCUT2D eigenvalue weighted by Crippen LogP contribution is -2.31. The predicted molar refractivity (Wildman–Crippen MR) is 62.8 cm³/mol. The SMILES string of the molecule is CCNC(C)COc1ccccc1Br. The molecule has 0 aliphatic carbocycles. The molecular formula is C11H16BrNO. The van der Waals surface area contributed by atoms with Gasteiger partial charge in [-0.25, -0.2) is 0 Å². The van der Waals surface area contributed by atoms with Crippen LogP contribution in [-0.4, -0.2) is 19.2 Å². The summed E-state index contributed by atoms with van der Waals surface area (Å²) in [6, 6.07) is 8.27. The van der Waals surface area contributed by atoms with Crippen LogP contribution in [0.5, 0.6) is 5.75 Å². The van der Waals surface area contributed by atoms with Crippen molar-refractivity contribution in [3.05, 3.63) is 28.7 Å². The Kier molecular flexibility index (Phi) is 4.98. The van der Waals surface area contributed by atoms with Crippen molar-refractivity contribution in [1.29, 1.82) is 0 Å². The Labute approximate surface area is 93.8 Å². The molecule has 0 heterocycles. The number of hydrogen-bond donors (Lipinski definition) is 1. The molecule has 1 aromatic rings.